The predicted octanol–water partition coefficient (Wildman–Crippen LogP) is 3.60. The number of para-hydroxylation sites is 1. The van der Waals surface area contributed by atoms with Crippen LogP contribution in [0.5, 0.6) is 5.75 Å². The molecule has 0 radical (unpaired) electrons. The van der Waals surface area contributed by atoms with Crippen LogP contribution in [0.2, 0.25) is 0 Å². The summed E-state index contributed by atoms with van der Waals surface area (Å²) in [5.74, 6) is 0.166. The fraction of sp³-hybridized carbons (Fsp3) is 0.333. The molecular formula is C24H28N2O3. The first-order valence-electron chi connectivity index (χ1n) is 10.1. The van der Waals surface area contributed by atoms with E-state index in [1.807, 2.05) is 49.4 Å². The van der Waals surface area contributed by atoms with Gasteiger partial charge in [0, 0.05) is 26.4 Å². The van der Waals surface area contributed by atoms with Gasteiger partial charge in [0.1, 0.15) is 11.8 Å². The molecule has 152 valence electrons. The molecule has 2 aromatic rings. The standard InChI is InChI=1S/C24H28N2O3/c1-18-11-5-4-10-16-25-23(27)21(17-19-12-6-3-7-13-19)26(2)24(28)20-14-8-9-15-22(20)29-18/h3-9,12-15,18,21H,10-11,16-17H2,1-2H3,(H,25,27)/b5-4-/t18-,21-/m0/s1. The number of carbonyl (C=O) groups is 2. The largest absolute Gasteiger partial charge is 0.490 e. The van der Waals surface area contributed by atoms with Gasteiger partial charge in [-0.25, -0.2) is 0 Å². The number of hydrogen-bond donors (Lipinski definition) is 1. The summed E-state index contributed by atoms with van der Waals surface area (Å²) in [6.45, 7) is 2.52. The van der Waals surface area contributed by atoms with Crippen molar-refractivity contribution in [2.45, 2.75) is 38.3 Å². The van der Waals surface area contributed by atoms with E-state index in [1.54, 1.807) is 19.2 Å². The Balaban J connectivity index is 1.94. The highest BCUT2D eigenvalue weighted by molar-refractivity contribution is 5.99. The van der Waals surface area contributed by atoms with E-state index < -0.39 is 6.04 Å². The molecule has 29 heavy (non-hydrogen) atoms. The van der Waals surface area contributed by atoms with Gasteiger partial charge in [0.2, 0.25) is 5.91 Å². The van der Waals surface area contributed by atoms with Gasteiger partial charge in [0.15, 0.2) is 0 Å². The van der Waals surface area contributed by atoms with Crippen LogP contribution < -0.4 is 10.1 Å². The van der Waals surface area contributed by atoms with Crippen LogP contribution in [0.1, 0.15) is 35.7 Å². The Bertz CT molecular complexity index is 863. The van der Waals surface area contributed by atoms with E-state index in [4.69, 9.17) is 4.74 Å². The van der Waals surface area contributed by atoms with Crippen molar-refractivity contribution in [3.8, 4) is 5.75 Å². The third-order valence-corrected chi connectivity index (χ3v) is 5.05. The number of likely N-dealkylation sites (N-methyl/N-ethyl adjacent to an activating group) is 1. The van der Waals surface area contributed by atoms with E-state index in [2.05, 4.69) is 17.5 Å². The summed E-state index contributed by atoms with van der Waals surface area (Å²) in [6.07, 6.45) is 5.99. The van der Waals surface area contributed by atoms with Crippen molar-refractivity contribution in [3.05, 3.63) is 77.9 Å². The maximum Gasteiger partial charge on any atom is 0.258 e. The van der Waals surface area contributed by atoms with Crippen molar-refractivity contribution in [2.24, 2.45) is 0 Å². The zero-order chi connectivity index (χ0) is 20.6. The zero-order valence-electron chi connectivity index (χ0n) is 17.0. The van der Waals surface area contributed by atoms with E-state index in [0.29, 0.717) is 24.3 Å². The zero-order valence-corrected chi connectivity index (χ0v) is 17.0. The molecule has 1 N–H and O–H groups in total. The number of benzene rings is 2. The summed E-state index contributed by atoms with van der Waals surface area (Å²) in [6, 6.07) is 16.4. The van der Waals surface area contributed by atoms with E-state index in [9.17, 15) is 9.59 Å². The van der Waals surface area contributed by atoms with Crippen molar-refractivity contribution in [1.29, 1.82) is 0 Å². The van der Waals surface area contributed by atoms with Crippen LogP contribution in [-0.4, -0.2) is 42.5 Å². The Labute approximate surface area is 172 Å². The first-order chi connectivity index (χ1) is 14.1. The van der Waals surface area contributed by atoms with E-state index in [1.165, 1.54) is 4.90 Å². The van der Waals surface area contributed by atoms with Gasteiger partial charge in [0.25, 0.3) is 5.91 Å². The number of nitrogens with zero attached hydrogens (tertiary/aromatic N) is 1. The second-order valence-electron chi connectivity index (χ2n) is 7.33. The molecule has 1 aliphatic heterocycles. The molecule has 2 aromatic carbocycles. The molecule has 2 atom stereocenters. The van der Waals surface area contributed by atoms with Gasteiger partial charge in [-0.15, -0.1) is 0 Å². The average molecular weight is 392 g/mol. The molecule has 1 aliphatic rings. The lowest BCUT2D eigenvalue weighted by molar-refractivity contribution is -0.125. The minimum atomic E-state index is -0.609. The van der Waals surface area contributed by atoms with Crippen LogP contribution in [0.4, 0.5) is 0 Å². The summed E-state index contributed by atoms with van der Waals surface area (Å²) in [5.41, 5.74) is 1.47. The van der Waals surface area contributed by atoms with Crippen LogP contribution in [0.15, 0.2) is 66.7 Å². The summed E-state index contributed by atoms with van der Waals surface area (Å²) >= 11 is 0. The van der Waals surface area contributed by atoms with Crippen molar-refractivity contribution in [3.63, 3.8) is 0 Å². The van der Waals surface area contributed by atoms with Crippen LogP contribution in [-0.2, 0) is 11.2 Å². The van der Waals surface area contributed by atoms with E-state index in [0.717, 1.165) is 18.4 Å². The first-order valence-corrected chi connectivity index (χ1v) is 10.1. The van der Waals surface area contributed by atoms with E-state index >= 15 is 0 Å². The van der Waals surface area contributed by atoms with Gasteiger partial charge in [-0.05, 0) is 31.0 Å². The Kier molecular flexibility index (Phi) is 7.06. The summed E-state index contributed by atoms with van der Waals surface area (Å²) in [7, 11) is 1.68. The average Bonchev–Trinajstić information content (AvgIpc) is 2.74. The van der Waals surface area contributed by atoms with Gasteiger partial charge in [0.05, 0.1) is 11.7 Å². The molecule has 3 rings (SSSR count). The SMILES string of the molecule is C[C@H]1C/C=C\CCNC(=O)[C@H](Cc2ccccc2)N(C)C(=O)c2ccccc2O1. The normalized spacial score (nSPS) is 22.1. The molecule has 0 saturated heterocycles. The van der Waals surface area contributed by atoms with E-state index in [-0.39, 0.29) is 17.9 Å². The molecule has 0 spiro atoms. The number of fused-ring (bicyclic) bond motifs is 1. The molecule has 5 heteroatoms. The van der Waals surface area contributed by atoms with Gasteiger partial charge in [-0.3, -0.25) is 9.59 Å². The monoisotopic (exact) mass is 392 g/mol. The van der Waals surface area contributed by atoms with Crippen molar-refractivity contribution < 1.29 is 14.3 Å². The van der Waals surface area contributed by atoms with Crippen LogP contribution in [0.3, 0.4) is 0 Å². The molecule has 0 aliphatic carbocycles. The third-order valence-electron chi connectivity index (χ3n) is 5.05. The lowest BCUT2D eigenvalue weighted by Gasteiger charge is -2.28. The first kappa shape index (κ1) is 20.6. The summed E-state index contributed by atoms with van der Waals surface area (Å²) < 4.78 is 6.04. The lowest BCUT2D eigenvalue weighted by atomic mass is 10.0. The quantitative estimate of drug-likeness (QED) is 0.795. The molecule has 0 unspecified atom stereocenters. The lowest BCUT2D eigenvalue weighted by Crippen LogP contribution is -2.49. The summed E-state index contributed by atoms with van der Waals surface area (Å²) in [5, 5.41) is 2.98. The Hall–Kier alpha value is -3.08. The maximum absolute atomic E-state index is 13.3. The van der Waals surface area contributed by atoms with Crippen molar-refractivity contribution in [2.75, 3.05) is 13.6 Å². The fourth-order valence-corrected chi connectivity index (χ4v) is 3.39. The number of carbonyl (C=O) groups excluding carboxylic acids is 2. The van der Waals surface area contributed by atoms with Crippen molar-refractivity contribution >= 4 is 11.8 Å². The van der Waals surface area contributed by atoms with Gasteiger partial charge < -0.3 is 15.0 Å². The highest BCUT2D eigenvalue weighted by Crippen LogP contribution is 2.23. The van der Waals surface area contributed by atoms with Gasteiger partial charge in [-0.2, -0.15) is 0 Å². The van der Waals surface area contributed by atoms with Gasteiger partial charge in [-0.1, -0.05) is 54.6 Å². The maximum atomic E-state index is 13.3. The smallest absolute Gasteiger partial charge is 0.258 e. The van der Waals surface area contributed by atoms with Crippen LogP contribution >= 0.6 is 0 Å². The molecule has 0 saturated carbocycles. The Morgan fingerprint density at radius 1 is 1.03 bits per heavy atom. The minimum Gasteiger partial charge on any atom is -0.490 e. The Morgan fingerprint density at radius 2 is 1.76 bits per heavy atom. The number of nitrogens with one attached hydrogen (secondary N) is 1. The summed E-state index contributed by atoms with van der Waals surface area (Å²) in [4.78, 5) is 27.8. The van der Waals surface area contributed by atoms with Crippen molar-refractivity contribution in [1.82, 2.24) is 10.2 Å². The highest BCUT2D eigenvalue weighted by Gasteiger charge is 2.29. The molecular weight excluding hydrogens is 364 g/mol. The number of hydrogen-bond acceptors (Lipinski definition) is 3. The Morgan fingerprint density at radius 3 is 2.55 bits per heavy atom. The molecule has 0 bridgehead atoms. The second kappa shape index (κ2) is 9.92. The highest BCUT2D eigenvalue weighted by atomic mass is 16.5. The number of amides is 2. The third kappa shape index (κ3) is 5.47. The molecule has 5 nitrogen and oxygen atoms in total. The number of ether oxygens (including phenoxy) is 1. The number of rotatable bonds is 2. The minimum absolute atomic E-state index is 0.0526. The fourth-order valence-electron chi connectivity index (χ4n) is 3.39. The molecule has 0 fully saturated rings. The topological polar surface area (TPSA) is 58.6 Å². The van der Waals surface area contributed by atoms with Crippen LogP contribution in [0.25, 0.3) is 0 Å². The molecule has 0 aromatic heterocycles. The van der Waals surface area contributed by atoms with Crippen LogP contribution in [0, 0.1) is 0 Å². The molecule has 1 heterocycles. The second-order valence-corrected chi connectivity index (χ2v) is 7.33. The van der Waals surface area contributed by atoms with Gasteiger partial charge >= 0.3 is 0 Å². The molecule has 2 amide bonds. The predicted molar refractivity (Wildman–Crippen MR) is 114 cm³/mol.